The molecule has 1 unspecified atom stereocenters. The van der Waals surface area contributed by atoms with Gasteiger partial charge in [-0.05, 0) is 49.6 Å². The lowest BCUT2D eigenvalue weighted by atomic mass is 10.0. The fraction of sp³-hybridized carbons (Fsp3) is 0.571. The summed E-state index contributed by atoms with van der Waals surface area (Å²) in [6, 6.07) is 5.53. The average Bonchev–Trinajstić information content (AvgIpc) is 2.31. The van der Waals surface area contributed by atoms with E-state index in [4.69, 9.17) is 0 Å². The third kappa shape index (κ3) is 5.17. The molecule has 96 valence electrons. The van der Waals surface area contributed by atoms with Crippen LogP contribution in [0.25, 0.3) is 0 Å². The first-order chi connectivity index (χ1) is 8.17. The first-order valence-corrected chi connectivity index (χ1v) is 7.14. The Balaban J connectivity index is 2.67. The van der Waals surface area contributed by atoms with Gasteiger partial charge in [0.2, 0.25) is 0 Å². The number of halogens is 2. The van der Waals surface area contributed by atoms with Gasteiger partial charge in [-0.2, -0.15) is 0 Å². The highest BCUT2D eigenvalue weighted by Crippen LogP contribution is 2.18. The van der Waals surface area contributed by atoms with Crippen LogP contribution in [-0.2, 0) is 6.42 Å². The molecule has 1 aromatic carbocycles. The van der Waals surface area contributed by atoms with E-state index >= 15 is 0 Å². The second kappa shape index (κ2) is 7.83. The highest BCUT2D eigenvalue weighted by Gasteiger charge is 2.11. The average molecular weight is 302 g/mol. The van der Waals surface area contributed by atoms with Gasteiger partial charge in [-0.3, -0.25) is 0 Å². The van der Waals surface area contributed by atoms with Crippen molar-refractivity contribution in [3.63, 3.8) is 0 Å². The van der Waals surface area contributed by atoms with Crippen molar-refractivity contribution in [1.29, 1.82) is 0 Å². The summed E-state index contributed by atoms with van der Waals surface area (Å²) < 4.78 is 14.6. The van der Waals surface area contributed by atoms with Crippen LogP contribution in [0.15, 0.2) is 22.7 Å². The first-order valence-electron chi connectivity index (χ1n) is 6.34. The van der Waals surface area contributed by atoms with E-state index < -0.39 is 0 Å². The number of hydrogen-bond acceptors (Lipinski definition) is 1. The molecule has 0 spiro atoms. The van der Waals surface area contributed by atoms with Crippen LogP contribution in [-0.4, -0.2) is 12.6 Å². The third-order valence-corrected chi connectivity index (χ3v) is 3.29. The Hall–Kier alpha value is -0.410. The molecule has 1 rings (SSSR count). The van der Waals surface area contributed by atoms with E-state index in [0.29, 0.717) is 6.04 Å². The van der Waals surface area contributed by atoms with Crippen molar-refractivity contribution in [3.05, 3.63) is 34.1 Å². The monoisotopic (exact) mass is 301 g/mol. The summed E-state index contributed by atoms with van der Waals surface area (Å²) in [5, 5.41) is 3.48. The molecule has 0 radical (unpaired) electrons. The van der Waals surface area contributed by atoms with Gasteiger partial charge in [-0.15, -0.1) is 0 Å². The van der Waals surface area contributed by atoms with Crippen LogP contribution < -0.4 is 5.32 Å². The SMILES string of the molecule is CCCNC(CCC)Cc1cc(Br)ccc1F. The Kier molecular flexibility index (Phi) is 6.75. The van der Waals surface area contributed by atoms with Gasteiger partial charge in [0.1, 0.15) is 5.82 Å². The minimum atomic E-state index is -0.104. The zero-order chi connectivity index (χ0) is 12.7. The Bertz CT molecular complexity index is 341. The highest BCUT2D eigenvalue weighted by atomic mass is 79.9. The van der Waals surface area contributed by atoms with Crippen molar-refractivity contribution >= 4 is 15.9 Å². The molecule has 1 nitrogen and oxygen atoms in total. The standard InChI is InChI=1S/C14H21BrFN/c1-3-5-13(17-8-4-2)10-11-9-12(15)6-7-14(11)16/h6-7,9,13,17H,3-5,8,10H2,1-2H3. The summed E-state index contributed by atoms with van der Waals surface area (Å²) in [5.74, 6) is -0.104. The molecule has 1 N–H and O–H groups in total. The van der Waals surface area contributed by atoms with E-state index in [9.17, 15) is 4.39 Å². The largest absolute Gasteiger partial charge is 0.314 e. The molecular weight excluding hydrogens is 281 g/mol. The molecule has 0 aliphatic carbocycles. The highest BCUT2D eigenvalue weighted by molar-refractivity contribution is 9.10. The molecule has 0 fully saturated rings. The van der Waals surface area contributed by atoms with Gasteiger partial charge < -0.3 is 5.32 Å². The quantitative estimate of drug-likeness (QED) is 0.792. The van der Waals surface area contributed by atoms with Crippen molar-refractivity contribution in [1.82, 2.24) is 5.32 Å². The lowest BCUT2D eigenvalue weighted by Gasteiger charge is -2.18. The van der Waals surface area contributed by atoms with Gasteiger partial charge in [-0.25, -0.2) is 4.39 Å². The molecule has 1 atom stereocenters. The van der Waals surface area contributed by atoms with Gasteiger partial charge in [-0.1, -0.05) is 36.2 Å². The van der Waals surface area contributed by atoms with Gasteiger partial charge in [0, 0.05) is 10.5 Å². The van der Waals surface area contributed by atoms with Crippen LogP contribution >= 0.6 is 15.9 Å². The van der Waals surface area contributed by atoms with Crippen LogP contribution in [0, 0.1) is 5.82 Å². The molecular formula is C14H21BrFN. The summed E-state index contributed by atoms with van der Waals surface area (Å²) >= 11 is 3.39. The fourth-order valence-corrected chi connectivity index (χ4v) is 2.35. The first kappa shape index (κ1) is 14.7. The number of nitrogens with one attached hydrogen (secondary N) is 1. The summed E-state index contributed by atoms with van der Waals surface area (Å²) in [5.41, 5.74) is 0.793. The van der Waals surface area contributed by atoms with Gasteiger partial charge in [0.25, 0.3) is 0 Å². The number of hydrogen-bond donors (Lipinski definition) is 1. The maximum Gasteiger partial charge on any atom is 0.126 e. The van der Waals surface area contributed by atoms with Crippen LogP contribution in [0.5, 0.6) is 0 Å². The predicted octanol–water partition coefficient (Wildman–Crippen LogP) is 4.30. The van der Waals surface area contributed by atoms with E-state index in [1.165, 1.54) is 6.07 Å². The van der Waals surface area contributed by atoms with Crippen molar-refractivity contribution in [3.8, 4) is 0 Å². The topological polar surface area (TPSA) is 12.0 Å². The van der Waals surface area contributed by atoms with Gasteiger partial charge >= 0.3 is 0 Å². The summed E-state index contributed by atoms with van der Waals surface area (Å²) in [4.78, 5) is 0. The van der Waals surface area contributed by atoms with Crippen molar-refractivity contribution < 1.29 is 4.39 Å². The van der Waals surface area contributed by atoms with E-state index in [-0.39, 0.29) is 5.82 Å². The van der Waals surface area contributed by atoms with E-state index in [0.717, 1.165) is 42.3 Å². The number of benzene rings is 1. The maximum absolute atomic E-state index is 13.6. The normalized spacial score (nSPS) is 12.7. The summed E-state index contributed by atoms with van der Waals surface area (Å²) in [6.45, 7) is 5.31. The smallest absolute Gasteiger partial charge is 0.126 e. The second-order valence-electron chi connectivity index (χ2n) is 4.38. The van der Waals surface area contributed by atoms with Gasteiger partial charge in [0.05, 0.1) is 0 Å². The van der Waals surface area contributed by atoms with E-state index in [2.05, 4.69) is 35.1 Å². The molecule has 0 amide bonds. The Morgan fingerprint density at radius 3 is 2.71 bits per heavy atom. The van der Waals surface area contributed by atoms with Crippen LogP contribution in [0.4, 0.5) is 4.39 Å². The Morgan fingerprint density at radius 1 is 1.29 bits per heavy atom. The molecule has 0 saturated carbocycles. The minimum absolute atomic E-state index is 0.104. The summed E-state index contributed by atoms with van der Waals surface area (Å²) in [6.07, 6.45) is 4.09. The maximum atomic E-state index is 13.6. The molecule has 17 heavy (non-hydrogen) atoms. The van der Waals surface area contributed by atoms with Crippen molar-refractivity contribution in [2.75, 3.05) is 6.54 Å². The van der Waals surface area contributed by atoms with Crippen LogP contribution in [0.3, 0.4) is 0 Å². The Labute approximate surface area is 112 Å². The molecule has 0 aromatic heterocycles. The lowest BCUT2D eigenvalue weighted by molar-refractivity contribution is 0.464. The molecule has 1 aromatic rings. The van der Waals surface area contributed by atoms with Gasteiger partial charge in [0.15, 0.2) is 0 Å². The molecule has 0 aliphatic rings. The number of rotatable bonds is 7. The van der Waals surface area contributed by atoms with E-state index in [1.54, 1.807) is 6.07 Å². The predicted molar refractivity (Wildman–Crippen MR) is 74.8 cm³/mol. The molecule has 0 aliphatic heterocycles. The van der Waals surface area contributed by atoms with Crippen molar-refractivity contribution in [2.24, 2.45) is 0 Å². The third-order valence-electron chi connectivity index (χ3n) is 2.79. The lowest BCUT2D eigenvalue weighted by Crippen LogP contribution is -2.31. The molecule has 0 bridgehead atoms. The zero-order valence-corrected chi connectivity index (χ0v) is 12.2. The zero-order valence-electron chi connectivity index (χ0n) is 10.6. The summed E-state index contributed by atoms with van der Waals surface area (Å²) in [7, 11) is 0. The fourth-order valence-electron chi connectivity index (χ4n) is 1.94. The minimum Gasteiger partial charge on any atom is -0.314 e. The molecule has 0 heterocycles. The van der Waals surface area contributed by atoms with Crippen LogP contribution in [0.1, 0.15) is 38.7 Å². The van der Waals surface area contributed by atoms with Crippen LogP contribution in [0.2, 0.25) is 0 Å². The van der Waals surface area contributed by atoms with E-state index in [1.807, 2.05) is 6.07 Å². The Morgan fingerprint density at radius 2 is 2.06 bits per heavy atom. The van der Waals surface area contributed by atoms with Crippen molar-refractivity contribution in [2.45, 2.75) is 45.6 Å². The second-order valence-corrected chi connectivity index (χ2v) is 5.30. The molecule has 3 heteroatoms. The molecule has 0 saturated heterocycles.